The molecule has 1 heterocycles. The molecule has 0 radical (unpaired) electrons. The highest BCUT2D eigenvalue weighted by Crippen LogP contribution is 2.24. The van der Waals surface area contributed by atoms with Gasteiger partial charge in [-0.2, -0.15) is 10.2 Å². The number of nitro groups is 1. The largest absolute Gasteiger partial charge is 0.448 e. The fourth-order valence-corrected chi connectivity index (χ4v) is 3.89. The van der Waals surface area contributed by atoms with E-state index in [-0.39, 0.29) is 12.3 Å². The van der Waals surface area contributed by atoms with Crippen LogP contribution in [0.15, 0.2) is 89.2 Å². The number of carbonyl (C=O) groups excluding carboxylic acids is 1. The van der Waals surface area contributed by atoms with E-state index in [1.54, 1.807) is 12.1 Å². The van der Waals surface area contributed by atoms with E-state index in [0.717, 1.165) is 28.7 Å². The Morgan fingerprint density at radius 1 is 1.03 bits per heavy atom. The Balaban J connectivity index is 1.20. The molecule has 0 saturated carbocycles. The molecule has 10 heteroatoms. The average molecular weight is 501 g/mol. The van der Waals surface area contributed by atoms with E-state index in [4.69, 9.17) is 4.74 Å². The van der Waals surface area contributed by atoms with Crippen molar-refractivity contribution >= 4 is 39.7 Å². The molecule has 0 atom stereocenters. The predicted octanol–water partition coefficient (Wildman–Crippen LogP) is 6.29. The standard InChI is InChI=1S/C27H28N6O4/c1-2-32(17-18-37-27(34)28-16-15-20-19-29-26-6-4-3-5-25(20)26)23-11-7-21(8-12-23)30-31-22-9-13-24(14-10-22)33(35)36/h3-14,19,29H,2,15-18H2,1H3,(H,28,34). The van der Waals surface area contributed by atoms with E-state index in [1.165, 1.54) is 12.1 Å². The Kier molecular flexibility index (Phi) is 8.43. The van der Waals surface area contributed by atoms with Crippen molar-refractivity contribution in [2.45, 2.75) is 13.3 Å². The SMILES string of the molecule is CCN(CCOC(=O)NCCc1c[nH]c2ccccc12)c1ccc(N=Nc2ccc([N+](=O)[O-])cc2)cc1. The summed E-state index contributed by atoms with van der Waals surface area (Å²) >= 11 is 0. The first-order valence-electron chi connectivity index (χ1n) is 12.0. The van der Waals surface area contributed by atoms with Crippen molar-refractivity contribution in [3.63, 3.8) is 0 Å². The Hall–Kier alpha value is -4.73. The molecule has 0 saturated heterocycles. The van der Waals surface area contributed by atoms with Crippen molar-refractivity contribution in [3.05, 3.63) is 94.7 Å². The summed E-state index contributed by atoms with van der Waals surface area (Å²) in [4.78, 5) is 27.7. The highest BCUT2D eigenvalue weighted by molar-refractivity contribution is 5.83. The molecule has 0 aliphatic rings. The Morgan fingerprint density at radius 2 is 1.70 bits per heavy atom. The van der Waals surface area contributed by atoms with Gasteiger partial charge in [-0.15, -0.1) is 0 Å². The third kappa shape index (κ3) is 6.91. The quantitative estimate of drug-likeness (QED) is 0.142. The fraction of sp³-hybridized carbons (Fsp3) is 0.222. The molecular formula is C27H28N6O4. The first-order valence-corrected chi connectivity index (χ1v) is 12.0. The summed E-state index contributed by atoms with van der Waals surface area (Å²) in [5.74, 6) is 0. The minimum atomic E-state index is -0.455. The van der Waals surface area contributed by atoms with Gasteiger partial charge in [0, 0.05) is 48.0 Å². The maximum absolute atomic E-state index is 12.1. The molecule has 190 valence electrons. The molecule has 4 rings (SSSR count). The highest BCUT2D eigenvalue weighted by Gasteiger charge is 2.08. The second-order valence-electron chi connectivity index (χ2n) is 8.24. The normalized spacial score (nSPS) is 11.1. The van der Waals surface area contributed by atoms with Crippen LogP contribution in [-0.4, -0.2) is 42.2 Å². The lowest BCUT2D eigenvalue weighted by atomic mass is 10.1. The number of fused-ring (bicyclic) bond motifs is 1. The number of aromatic nitrogens is 1. The van der Waals surface area contributed by atoms with Crippen molar-refractivity contribution in [2.24, 2.45) is 10.2 Å². The van der Waals surface area contributed by atoms with Crippen molar-refractivity contribution in [1.29, 1.82) is 0 Å². The lowest BCUT2D eigenvalue weighted by molar-refractivity contribution is -0.384. The minimum Gasteiger partial charge on any atom is -0.448 e. The number of amides is 1. The molecule has 0 spiro atoms. The number of azo groups is 1. The van der Waals surface area contributed by atoms with Crippen molar-refractivity contribution in [3.8, 4) is 0 Å². The Morgan fingerprint density at radius 3 is 2.38 bits per heavy atom. The van der Waals surface area contributed by atoms with Gasteiger partial charge in [0.15, 0.2) is 0 Å². The number of carbonyl (C=O) groups is 1. The van der Waals surface area contributed by atoms with Gasteiger partial charge in [0.25, 0.3) is 5.69 Å². The number of likely N-dealkylation sites (N-methyl/N-ethyl adjacent to an activating group) is 1. The summed E-state index contributed by atoms with van der Waals surface area (Å²) in [7, 11) is 0. The van der Waals surface area contributed by atoms with Crippen LogP contribution in [-0.2, 0) is 11.2 Å². The van der Waals surface area contributed by atoms with Gasteiger partial charge in [-0.05, 0) is 61.4 Å². The molecule has 2 N–H and O–H groups in total. The van der Waals surface area contributed by atoms with Crippen molar-refractivity contribution in [1.82, 2.24) is 10.3 Å². The van der Waals surface area contributed by atoms with E-state index in [1.807, 2.05) is 55.6 Å². The number of anilines is 1. The Bertz CT molecular complexity index is 1370. The summed E-state index contributed by atoms with van der Waals surface area (Å²) in [6.07, 6.45) is 2.26. The first-order chi connectivity index (χ1) is 18.0. The average Bonchev–Trinajstić information content (AvgIpc) is 3.33. The minimum absolute atomic E-state index is 0.00913. The topological polar surface area (TPSA) is 125 Å². The molecule has 1 amide bonds. The second kappa shape index (κ2) is 12.3. The maximum Gasteiger partial charge on any atom is 0.407 e. The number of nitrogens with one attached hydrogen (secondary N) is 2. The molecule has 10 nitrogen and oxygen atoms in total. The van der Waals surface area contributed by atoms with Crippen LogP contribution in [0.2, 0.25) is 0 Å². The molecule has 1 aromatic heterocycles. The van der Waals surface area contributed by atoms with Crippen LogP contribution in [0.5, 0.6) is 0 Å². The molecule has 0 fully saturated rings. The van der Waals surface area contributed by atoms with Gasteiger partial charge >= 0.3 is 6.09 Å². The summed E-state index contributed by atoms with van der Waals surface area (Å²) in [6.45, 7) is 4.08. The number of aromatic amines is 1. The van der Waals surface area contributed by atoms with Crippen LogP contribution in [0.1, 0.15) is 12.5 Å². The van der Waals surface area contributed by atoms with Crippen LogP contribution < -0.4 is 10.2 Å². The predicted molar refractivity (Wildman–Crippen MR) is 143 cm³/mol. The zero-order valence-corrected chi connectivity index (χ0v) is 20.5. The number of rotatable bonds is 11. The third-order valence-electron chi connectivity index (χ3n) is 5.87. The van der Waals surface area contributed by atoms with Gasteiger partial charge in [-0.1, -0.05) is 18.2 Å². The van der Waals surface area contributed by atoms with Gasteiger partial charge in [-0.25, -0.2) is 4.79 Å². The summed E-state index contributed by atoms with van der Waals surface area (Å²) < 4.78 is 5.36. The number of alkyl carbamates (subject to hydrolysis) is 1. The van der Waals surface area contributed by atoms with Gasteiger partial charge in [-0.3, -0.25) is 10.1 Å². The molecule has 3 aromatic carbocycles. The van der Waals surface area contributed by atoms with Gasteiger partial charge < -0.3 is 19.9 Å². The van der Waals surface area contributed by atoms with E-state index in [2.05, 4.69) is 31.5 Å². The summed E-state index contributed by atoms with van der Waals surface area (Å²) in [6, 6.07) is 21.5. The van der Waals surface area contributed by atoms with Crippen molar-refractivity contribution < 1.29 is 14.5 Å². The maximum atomic E-state index is 12.1. The second-order valence-corrected chi connectivity index (χ2v) is 8.24. The van der Waals surface area contributed by atoms with Crippen molar-refractivity contribution in [2.75, 3.05) is 31.1 Å². The van der Waals surface area contributed by atoms with Crippen LogP contribution in [0.3, 0.4) is 0 Å². The highest BCUT2D eigenvalue weighted by atomic mass is 16.6. The third-order valence-corrected chi connectivity index (χ3v) is 5.87. The first kappa shape index (κ1) is 25.4. The summed E-state index contributed by atoms with van der Waals surface area (Å²) in [5.41, 5.74) is 4.41. The van der Waals surface area contributed by atoms with Crippen LogP contribution in [0.25, 0.3) is 10.9 Å². The zero-order chi connectivity index (χ0) is 26.0. The number of nitro benzene ring substituents is 1. The number of non-ortho nitro benzene ring substituents is 1. The lowest BCUT2D eigenvalue weighted by Gasteiger charge is -2.23. The lowest BCUT2D eigenvalue weighted by Crippen LogP contribution is -2.31. The molecule has 0 bridgehead atoms. The molecule has 4 aromatic rings. The smallest absolute Gasteiger partial charge is 0.407 e. The summed E-state index contributed by atoms with van der Waals surface area (Å²) in [5, 5.41) is 23.0. The molecule has 0 aliphatic carbocycles. The van der Waals surface area contributed by atoms with Gasteiger partial charge in [0.05, 0.1) is 22.8 Å². The number of para-hydroxylation sites is 1. The number of H-pyrrole nitrogens is 1. The molecule has 0 unspecified atom stereocenters. The van der Waals surface area contributed by atoms with Gasteiger partial charge in [0.2, 0.25) is 0 Å². The Labute approximate surface area is 214 Å². The molecule has 37 heavy (non-hydrogen) atoms. The number of hydrogen-bond donors (Lipinski definition) is 2. The number of benzene rings is 3. The van der Waals surface area contributed by atoms with Gasteiger partial charge in [0.1, 0.15) is 6.61 Å². The number of nitrogens with zero attached hydrogens (tertiary/aromatic N) is 4. The van der Waals surface area contributed by atoms with E-state index in [9.17, 15) is 14.9 Å². The fourth-order valence-electron chi connectivity index (χ4n) is 3.89. The molecule has 0 aliphatic heterocycles. The van der Waals surface area contributed by atoms with E-state index in [0.29, 0.717) is 30.9 Å². The monoisotopic (exact) mass is 500 g/mol. The van der Waals surface area contributed by atoms with Crippen LogP contribution in [0, 0.1) is 10.1 Å². The van der Waals surface area contributed by atoms with E-state index < -0.39 is 11.0 Å². The van der Waals surface area contributed by atoms with E-state index >= 15 is 0 Å². The van der Waals surface area contributed by atoms with Crippen LogP contribution >= 0.6 is 0 Å². The zero-order valence-electron chi connectivity index (χ0n) is 20.5. The van der Waals surface area contributed by atoms with Crippen LogP contribution in [0.4, 0.5) is 27.5 Å². The molecular weight excluding hydrogens is 472 g/mol. The number of ether oxygens (including phenoxy) is 1. The number of hydrogen-bond acceptors (Lipinski definition) is 7.